The number of hydrogen-bond acceptors (Lipinski definition) is 0. The quantitative estimate of drug-likeness (QED) is 0.488. The number of alkyl halides is 3. The molecule has 1 aliphatic rings. The molecule has 80 valence electrons. The maximum Gasteiger partial charge on any atom is 0.305 e. The van der Waals surface area contributed by atoms with E-state index in [0.29, 0.717) is 6.08 Å². The van der Waals surface area contributed by atoms with Gasteiger partial charge in [0.25, 0.3) is 5.92 Å². The van der Waals surface area contributed by atoms with E-state index in [1.54, 1.807) is 0 Å². The van der Waals surface area contributed by atoms with Gasteiger partial charge in [0.1, 0.15) is 0 Å². The molecule has 1 aliphatic carbocycles. The van der Waals surface area contributed by atoms with Crippen molar-refractivity contribution in [2.45, 2.75) is 18.0 Å². The van der Waals surface area contributed by atoms with Crippen LogP contribution in [0.3, 0.4) is 0 Å². The summed E-state index contributed by atoms with van der Waals surface area (Å²) >= 11 is 0. The van der Waals surface area contributed by atoms with Crippen molar-refractivity contribution in [2.24, 2.45) is 5.92 Å². The van der Waals surface area contributed by atoms with Crippen molar-refractivity contribution in [1.82, 2.24) is 0 Å². The van der Waals surface area contributed by atoms with Gasteiger partial charge in [-0.25, -0.2) is 17.6 Å². The zero-order valence-corrected chi connectivity index (χ0v) is 6.84. The standard InChI is InChI=1S/C8H6F6/c1-2-4-3-7(12,13)8(4,14)5(9)6(10)11/h2,4H,1,3H2. The summed E-state index contributed by atoms with van der Waals surface area (Å²) in [5, 5.41) is 0. The van der Waals surface area contributed by atoms with Gasteiger partial charge in [-0.2, -0.15) is 8.78 Å². The molecule has 0 N–H and O–H groups in total. The van der Waals surface area contributed by atoms with Gasteiger partial charge in [-0.3, -0.25) is 0 Å². The van der Waals surface area contributed by atoms with Gasteiger partial charge in [0.05, 0.1) is 0 Å². The van der Waals surface area contributed by atoms with E-state index in [9.17, 15) is 26.3 Å². The van der Waals surface area contributed by atoms with Gasteiger partial charge in [-0.05, 0) is 0 Å². The highest BCUT2D eigenvalue weighted by atomic mass is 19.3. The Kier molecular flexibility index (Phi) is 2.41. The number of hydrogen-bond donors (Lipinski definition) is 0. The predicted octanol–water partition coefficient (Wildman–Crippen LogP) is 3.61. The highest BCUT2D eigenvalue weighted by Gasteiger charge is 2.72. The van der Waals surface area contributed by atoms with Crippen molar-refractivity contribution in [3.05, 3.63) is 24.6 Å². The Balaban J connectivity index is 3.13. The van der Waals surface area contributed by atoms with Crippen molar-refractivity contribution in [1.29, 1.82) is 0 Å². The lowest BCUT2D eigenvalue weighted by atomic mass is 9.66. The average molecular weight is 216 g/mol. The van der Waals surface area contributed by atoms with Crippen LogP contribution in [0.5, 0.6) is 0 Å². The van der Waals surface area contributed by atoms with Gasteiger partial charge in [0, 0.05) is 12.3 Å². The van der Waals surface area contributed by atoms with Crippen molar-refractivity contribution in [3.8, 4) is 0 Å². The van der Waals surface area contributed by atoms with Gasteiger partial charge < -0.3 is 0 Å². The van der Waals surface area contributed by atoms with Gasteiger partial charge in [0.15, 0.2) is 0 Å². The summed E-state index contributed by atoms with van der Waals surface area (Å²) in [5.41, 5.74) is -3.92. The second-order valence-electron chi connectivity index (χ2n) is 3.04. The lowest BCUT2D eigenvalue weighted by Gasteiger charge is -2.46. The normalized spacial score (nSPS) is 34.6. The van der Waals surface area contributed by atoms with Crippen molar-refractivity contribution >= 4 is 0 Å². The van der Waals surface area contributed by atoms with Crippen LogP contribution in [0.2, 0.25) is 0 Å². The molecule has 0 nitrogen and oxygen atoms in total. The van der Waals surface area contributed by atoms with E-state index >= 15 is 0 Å². The van der Waals surface area contributed by atoms with Crippen molar-refractivity contribution in [2.75, 3.05) is 0 Å². The largest absolute Gasteiger partial charge is 0.305 e. The molecule has 1 rings (SSSR count). The van der Waals surface area contributed by atoms with E-state index in [1.165, 1.54) is 0 Å². The SMILES string of the molecule is C=CC1CC(F)(F)C1(F)C(F)=C(F)F. The number of rotatable bonds is 2. The average Bonchev–Trinajstić information content (AvgIpc) is 2.11. The topological polar surface area (TPSA) is 0 Å². The van der Waals surface area contributed by atoms with Gasteiger partial charge in [0.2, 0.25) is 11.5 Å². The first kappa shape index (κ1) is 11.1. The van der Waals surface area contributed by atoms with Crippen LogP contribution in [-0.4, -0.2) is 11.6 Å². The molecule has 1 saturated carbocycles. The molecule has 14 heavy (non-hydrogen) atoms. The molecular weight excluding hydrogens is 210 g/mol. The maximum atomic E-state index is 13.3. The van der Waals surface area contributed by atoms with Crippen LogP contribution in [0.25, 0.3) is 0 Å². The fraction of sp³-hybridized carbons (Fsp3) is 0.500. The van der Waals surface area contributed by atoms with Crippen LogP contribution in [0, 0.1) is 5.92 Å². The molecule has 0 amide bonds. The molecule has 2 atom stereocenters. The molecule has 0 aromatic carbocycles. The summed E-state index contributed by atoms with van der Waals surface area (Å²) < 4.78 is 74.4. The monoisotopic (exact) mass is 216 g/mol. The molecule has 0 bridgehead atoms. The van der Waals surface area contributed by atoms with Crippen LogP contribution in [-0.2, 0) is 0 Å². The summed E-state index contributed by atoms with van der Waals surface area (Å²) in [6.45, 7) is 2.98. The molecule has 0 spiro atoms. The first-order valence-electron chi connectivity index (χ1n) is 3.68. The van der Waals surface area contributed by atoms with Crippen molar-refractivity contribution in [3.63, 3.8) is 0 Å². The van der Waals surface area contributed by atoms with Crippen LogP contribution < -0.4 is 0 Å². The van der Waals surface area contributed by atoms with Crippen LogP contribution in [0.4, 0.5) is 26.3 Å². The minimum atomic E-state index is -4.10. The Morgan fingerprint density at radius 1 is 1.21 bits per heavy atom. The minimum Gasteiger partial charge on any atom is -0.228 e. The lowest BCUT2D eigenvalue weighted by molar-refractivity contribution is -0.227. The molecule has 0 aromatic heterocycles. The molecule has 1 fully saturated rings. The van der Waals surface area contributed by atoms with E-state index in [4.69, 9.17) is 0 Å². The number of halogens is 6. The molecule has 0 saturated heterocycles. The Morgan fingerprint density at radius 3 is 2.00 bits per heavy atom. The first-order valence-corrected chi connectivity index (χ1v) is 3.68. The Morgan fingerprint density at radius 2 is 1.71 bits per heavy atom. The van der Waals surface area contributed by atoms with E-state index in [1.807, 2.05) is 0 Å². The molecule has 6 heteroatoms. The summed E-state index contributed by atoms with van der Waals surface area (Å²) in [6.07, 6.45) is -3.35. The van der Waals surface area contributed by atoms with Crippen LogP contribution in [0.1, 0.15) is 6.42 Å². The highest BCUT2D eigenvalue weighted by molar-refractivity contribution is 5.29. The third-order valence-corrected chi connectivity index (χ3v) is 2.29. The smallest absolute Gasteiger partial charge is 0.228 e. The zero-order chi connectivity index (χ0) is 11.1. The van der Waals surface area contributed by atoms with E-state index in [0.717, 1.165) is 0 Å². The fourth-order valence-electron chi connectivity index (χ4n) is 1.41. The summed E-state index contributed by atoms with van der Waals surface area (Å²) in [6, 6.07) is 0. The first-order chi connectivity index (χ1) is 6.27. The highest BCUT2D eigenvalue weighted by Crippen LogP contribution is 2.59. The predicted molar refractivity (Wildman–Crippen MR) is 37.4 cm³/mol. The third-order valence-electron chi connectivity index (χ3n) is 2.29. The third kappa shape index (κ3) is 1.16. The molecule has 0 aliphatic heterocycles. The summed E-state index contributed by atoms with van der Waals surface area (Å²) in [4.78, 5) is 0. The van der Waals surface area contributed by atoms with Crippen LogP contribution >= 0.6 is 0 Å². The van der Waals surface area contributed by atoms with Gasteiger partial charge >= 0.3 is 6.08 Å². The lowest BCUT2D eigenvalue weighted by Crippen LogP contribution is -2.61. The Bertz CT molecular complexity index is 290. The maximum absolute atomic E-state index is 13.3. The molecule has 0 heterocycles. The Hall–Kier alpha value is -0.940. The van der Waals surface area contributed by atoms with Gasteiger partial charge in [-0.15, -0.1) is 6.58 Å². The molecular formula is C8H6F6. The molecule has 0 radical (unpaired) electrons. The number of allylic oxidation sites excluding steroid dienone is 2. The zero-order valence-electron chi connectivity index (χ0n) is 6.84. The van der Waals surface area contributed by atoms with Crippen molar-refractivity contribution < 1.29 is 26.3 Å². The second kappa shape index (κ2) is 3.03. The molecule has 0 aromatic rings. The fourth-order valence-corrected chi connectivity index (χ4v) is 1.41. The second-order valence-corrected chi connectivity index (χ2v) is 3.04. The summed E-state index contributed by atoms with van der Waals surface area (Å²) in [5.74, 6) is -8.41. The Labute approximate surface area is 75.9 Å². The van der Waals surface area contributed by atoms with Crippen LogP contribution in [0.15, 0.2) is 24.6 Å². The van der Waals surface area contributed by atoms with E-state index in [2.05, 4.69) is 6.58 Å². The van der Waals surface area contributed by atoms with E-state index < -0.39 is 35.8 Å². The van der Waals surface area contributed by atoms with Gasteiger partial charge in [-0.1, -0.05) is 6.08 Å². The van der Waals surface area contributed by atoms with E-state index in [-0.39, 0.29) is 0 Å². The molecule has 2 unspecified atom stereocenters. The minimum absolute atomic E-state index is 0.708. The summed E-state index contributed by atoms with van der Waals surface area (Å²) in [7, 11) is 0.